The van der Waals surface area contributed by atoms with Crippen LogP contribution in [-0.4, -0.2) is 23.4 Å². The lowest BCUT2D eigenvalue weighted by atomic mass is 10.2. The van der Waals surface area contributed by atoms with E-state index >= 15 is 0 Å². The standard InChI is InChI=1S/C12H12BrN3O3/c1-18-11-9(13)10(15-16-11)14-12(17)19-7-8-5-3-2-4-6-8/h2-6H,7H2,1H3,(H2,14,15,16,17). The van der Waals surface area contributed by atoms with Crippen molar-refractivity contribution < 1.29 is 14.3 Å². The second-order valence-electron chi connectivity index (χ2n) is 3.61. The fourth-order valence-electron chi connectivity index (χ4n) is 1.39. The first-order valence-corrected chi connectivity index (χ1v) is 6.25. The Morgan fingerprint density at radius 3 is 2.79 bits per heavy atom. The van der Waals surface area contributed by atoms with Gasteiger partial charge in [0, 0.05) is 0 Å². The molecule has 1 aromatic heterocycles. The van der Waals surface area contributed by atoms with Crippen LogP contribution in [-0.2, 0) is 11.3 Å². The van der Waals surface area contributed by atoms with Crippen LogP contribution in [0.15, 0.2) is 34.8 Å². The second-order valence-corrected chi connectivity index (χ2v) is 4.40. The molecule has 0 saturated heterocycles. The summed E-state index contributed by atoms with van der Waals surface area (Å²) in [6.07, 6.45) is -0.573. The number of halogens is 1. The topological polar surface area (TPSA) is 76.2 Å². The van der Waals surface area contributed by atoms with Crippen molar-refractivity contribution in [3.63, 3.8) is 0 Å². The summed E-state index contributed by atoms with van der Waals surface area (Å²) in [5, 5.41) is 8.99. The molecule has 19 heavy (non-hydrogen) atoms. The first kappa shape index (κ1) is 13.4. The number of carbonyl (C=O) groups excluding carboxylic acids is 1. The van der Waals surface area contributed by atoms with Crippen LogP contribution in [0.3, 0.4) is 0 Å². The van der Waals surface area contributed by atoms with Gasteiger partial charge in [-0.25, -0.2) is 4.79 Å². The number of amides is 1. The van der Waals surface area contributed by atoms with E-state index in [1.165, 1.54) is 7.11 Å². The van der Waals surface area contributed by atoms with Gasteiger partial charge in [0.15, 0.2) is 0 Å². The van der Waals surface area contributed by atoms with Gasteiger partial charge in [-0.15, -0.1) is 5.10 Å². The SMILES string of the molecule is COc1n[nH]c(NC(=O)OCc2ccccc2)c1Br. The van der Waals surface area contributed by atoms with Crippen molar-refractivity contribution in [3.05, 3.63) is 40.4 Å². The van der Waals surface area contributed by atoms with Gasteiger partial charge in [0.1, 0.15) is 16.9 Å². The lowest BCUT2D eigenvalue weighted by Crippen LogP contribution is -2.14. The molecule has 0 atom stereocenters. The highest BCUT2D eigenvalue weighted by atomic mass is 79.9. The molecule has 0 spiro atoms. The molecule has 1 heterocycles. The highest BCUT2D eigenvalue weighted by molar-refractivity contribution is 9.10. The van der Waals surface area contributed by atoms with Crippen molar-refractivity contribution in [2.45, 2.75) is 6.61 Å². The minimum absolute atomic E-state index is 0.204. The van der Waals surface area contributed by atoms with Gasteiger partial charge in [-0.2, -0.15) is 0 Å². The van der Waals surface area contributed by atoms with Gasteiger partial charge in [-0.05, 0) is 21.5 Å². The normalized spacial score (nSPS) is 10.0. The monoisotopic (exact) mass is 325 g/mol. The maximum atomic E-state index is 11.6. The lowest BCUT2D eigenvalue weighted by molar-refractivity contribution is 0.155. The molecule has 1 amide bonds. The summed E-state index contributed by atoms with van der Waals surface area (Å²) in [6.45, 7) is 0.204. The van der Waals surface area contributed by atoms with Crippen LogP contribution in [0.2, 0.25) is 0 Å². The molecule has 0 aliphatic carbocycles. The molecule has 100 valence electrons. The van der Waals surface area contributed by atoms with Gasteiger partial charge in [0.25, 0.3) is 0 Å². The van der Waals surface area contributed by atoms with Gasteiger partial charge in [-0.3, -0.25) is 10.4 Å². The maximum Gasteiger partial charge on any atom is 0.413 e. The molecule has 0 radical (unpaired) electrons. The van der Waals surface area contributed by atoms with Crippen molar-refractivity contribution in [2.24, 2.45) is 0 Å². The number of nitrogens with zero attached hydrogens (tertiary/aromatic N) is 1. The first-order chi connectivity index (χ1) is 9.20. The van der Waals surface area contributed by atoms with E-state index in [0.29, 0.717) is 16.2 Å². The zero-order valence-electron chi connectivity index (χ0n) is 10.1. The Balaban J connectivity index is 1.89. The predicted molar refractivity (Wildman–Crippen MR) is 73.1 cm³/mol. The number of carbonyl (C=O) groups is 1. The molecule has 2 rings (SSSR count). The Morgan fingerprint density at radius 1 is 1.42 bits per heavy atom. The molecule has 6 nitrogen and oxygen atoms in total. The number of methoxy groups -OCH3 is 1. The molecule has 0 aliphatic rings. The summed E-state index contributed by atoms with van der Waals surface area (Å²) in [6, 6.07) is 9.42. The van der Waals surface area contributed by atoms with Crippen molar-refractivity contribution in [3.8, 4) is 5.88 Å². The Bertz CT molecular complexity index is 557. The van der Waals surface area contributed by atoms with Crippen molar-refractivity contribution in [2.75, 3.05) is 12.4 Å². The van der Waals surface area contributed by atoms with E-state index in [4.69, 9.17) is 9.47 Å². The molecule has 0 bridgehead atoms. The third-order valence-corrected chi connectivity index (χ3v) is 3.05. The number of rotatable bonds is 4. The van der Waals surface area contributed by atoms with E-state index in [9.17, 15) is 4.79 Å². The van der Waals surface area contributed by atoms with Crippen molar-refractivity contribution in [1.29, 1.82) is 0 Å². The van der Waals surface area contributed by atoms with Crippen LogP contribution in [0.5, 0.6) is 5.88 Å². The smallest absolute Gasteiger partial charge is 0.413 e. The number of H-pyrrole nitrogens is 1. The number of aromatic amines is 1. The number of ether oxygens (including phenoxy) is 2. The molecule has 2 aromatic rings. The molecular weight excluding hydrogens is 314 g/mol. The molecule has 0 saturated carbocycles. The van der Waals surface area contributed by atoms with Crippen LogP contribution < -0.4 is 10.1 Å². The van der Waals surface area contributed by atoms with Gasteiger partial charge in [0.05, 0.1) is 7.11 Å². The average molecular weight is 326 g/mol. The number of aromatic nitrogens is 2. The summed E-state index contributed by atoms with van der Waals surface area (Å²) in [7, 11) is 1.48. The van der Waals surface area contributed by atoms with E-state index in [-0.39, 0.29) is 6.61 Å². The molecule has 0 unspecified atom stereocenters. The number of anilines is 1. The number of hydrogen-bond donors (Lipinski definition) is 2. The quantitative estimate of drug-likeness (QED) is 0.906. The summed E-state index contributed by atoms with van der Waals surface area (Å²) < 4.78 is 10.6. The number of benzene rings is 1. The summed E-state index contributed by atoms with van der Waals surface area (Å²) in [5.74, 6) is 0.744. The van der Waals surface area contributed by atoms with Crippen LogP contribution in [0.4, 0.5) is 10.6 Å². The van der Waals surface area contributed by atoms with Crippen LogP contribution in [0.1, 0.15) is 5.56 Å². The summed E-state index contributed by atoms with van der Waals surface area (Å²) >= 11 is 3.25. The molecule has 1 aromatic carbocycles. The third kappa shape index (κ3) is 3.47. The van der Waals surface area contributed by atoms with E-state index in [1.54, 1.807) is 0 Å². The van der Waals surface area contributed by atoms with E-state index in [0.717, 1.165) is 5.56 Å². The third-order valence-electron chi connectivity index (χ3n) is 2.31. The Hall–Kier alpha value is -2.02. The molecule has 0 aliphatic heterocycles. The maximum absolute atomic E-state index is 11.6. The largest absolute Gasteiger partial charge is 0.479 e. The Kier molecular flexibility index (Phi) is 4.40. The van der Waals surface area contributed by atoms with E-state index < -0.39 is 6.09 Å². The summed E-state index contributed by atoms with van der Waals surface area (Å²) in [4.78, 5) is 11.6. The minimum atomic E-state index is -0.573. The van der Waals surface area contributed by atoms with Crippen LogP contribution in [0.25, 0.3) is 0 Å². The van der Waals surface area contributed by atoms with Crippen LogP contribution in [0, 0.1) is 0 Å². The fraction of sp³-hybridized carbons (Fsp3) is 0.167. The van der Waals surface area contributed by atoms with Gasteiger partial charge < -0.3 is 9.47 Å². The number of hydrogen-bond acceptors (Lipinski definition) is 4. The Labute approximate surface area is 118 Å². The van der Waals surface area contributed by atoms with Crippen molar-refractivity contribution in [1.82, 2.24) is 10.2 Å². The van der Waals surface area contributed by atoms with Gasteiger partial charge in [-0.1, -0.05) is 30.3 Å². The van der Waals surface area contributed by atoms with Crippen LogP contribution >= 0.6 is 15.9 Å². The van der Waals surface area contributed by atoms with Gasteiger partial charge in [0.2, 0.25) is 5.88 Å². The van der Waals surface area contributed by atoms with E-state index in [2.05, 4.69) is 31.4 Å². The predicted octanol–water partition coefficient (Wildman–Crippen LogP) is 2.93. The average Bonchev–Trinajstić information content (AvgIpc) is 2.78. The van der Waals surface area contributed by atoms with Crippen molar-refractivity contribution >= 4 is 27.8 Å². The zero-order valence-corrected chi connectivity index (χ0v) is 11.7. The fourth-order valence-corrected chi connectivity index (χ4v) is 1.83. The molecular formula is C12H12BrN3O3. The summed E-state index contributed by atoms with van der Waals surface area (Å²) in [5.41, 5.74) is 0.916. The lowest BCUT2D eigenvalue weighted by Gasteiger charge is -2.05. The van der Waals surface area contributed by atoms with E-state index in [1.807, 2.05) is 30.3 Å². The highest BCUT2D eigenvalue weighted by Crippen LogP contribution is 2.29. The second kappa shape index (κ2) is 6.24. The minimum Gasteiger partial charge on any atom is -0.479 e. The molecule has 0 fully saturated rings. The highest BCUT2D eigenvalue weighted by Gasteiger charge is 2.13. The molecule has 2 N–H and O–H groups in total. The Morgan fingerprint density at radius 2 is 2.16 bits per heavy atom. The molecule has 7 heteroatoms. The number of nitrogens with one attached hydrogen (secondary N) is 2. The van der Waals surface area contributed by atoms with Gasteiger partial charge >= 0.3 is 6.09 Å². The first-order valence-electron chi connectivity index (χ1n) is 5.46. The zero-order chi connectivity index (χ0) is 13.7.